The zero-order valence-corrected chi connectivity index (χ0v) is 10.9. The summed E-state index contributed by atoms with van der Waals surface area (Å²) in [6, 6.07) is 7.33. The Morgan fingerprint density at radius 2 is 2.12 bits per heavy atom. The lowest BCUT2D eigenvalue weighted by Crippen LogP contribution is -2.39. The maximum Gasteiger partial charge on any atom is 0.312 e. The summed E-state index contributed by atoms with van der Waals surface area (Å²) in [7, 11) is 0. The number of hydrogen-bond acceptors (Lipinski definition) is 2. The van der Waals surface area contributed by atoms with Gasteiger partial charge in [-0.05, 0) is 30.7 Å². The van der Waals surface area contributed by atoms with Gasteiger partial charge >= 0.3 is 5.97 Å². The van der Waals surface area contributed by atoms with Gasteiger partial charge in [-0.15, -0.1) is 0 Å². The molecule has 2 atom stereocenters. The topological polar surface area (TPSA) is 49.3 Å². The summed E-state index contributed by atoms with van der Waals surface area (Å²) >= 11 is 3.35. The van der Waals surface area contributed by atoms with Crippen LogP contribution in [0.3, 0.4) is 0 Å². The van der Waals surface area contributed by atoms with Crippen molar-refractivity contribution in [3.63, 3.8) is 0 Å². The molecular formula is C13H14BrNO2. The predicted molar refractivity (Wildman–Crippen MR) is 70.1 cm³/mol. The first-order valence-corrected chi connectivity index (χ1v) is 6.36. The Hall–Kier alpha value is -1.13. The van der Waals surface area contributed by atoms with E-state index in [1.807, 2.05) is 36.4 Å². The molecular weight excluding hydrogens is 282 g/mol. The number of aliphatic carboxylic acids is 1. The summed E-state index contributed by atoms with van der Waals surface area (Å²) in [5, 5.41) is 12.6. The first kappa shape index (κ1) is 12.3. The fraction of sp³-hybridized carbons (Fsp3) is 0.308. The smallest absolute Gasteiger partial charge is 0.312 e. The predicted octanol–water partition coefficient (Wildman–Crippen LogP) is 2.54. The van der Waals surface area contributed by atoms with E-state index in [1.54, 1.807) is 0 Å². The van der Waals surface area contributed by atoms with E-state index >= 15 is 0 Å². The molecule has 3 nitrogen and oxygen atoms in total. The van der Waals surface area contributed by atoms with Gasteiger partial charge in [-0.25, -0.2) is 0 Å². The van der Waals surface area contributed by atoms with E-state index in [4.69, 9.17) is 0 Å². The van der Waals surface area contributed by atoms with Gasteiger partial charge < -0.3 is 10.4 Å². The minimum atomic E-state index is -0.795. The Kier molecular flexibility index (Phi) is 3.97. The highest BCUT2D eigenvalue weighted by molar-refractivity contribution is 9.10. The van der Waals surface area contributed by atoms with E-state index in [2.05, 4.69) is 21.2 Å². The Bertz CT molecular complexity index is 428. The summed E-state index contributed by atoms with van der Waals surface area (Å²) < 4.78 is 0.956. The largest absolute Gasteiger partial charge is 0.481 e. The second-order valence-electron chi connectivity index (χ2n) is 4.06. The lowest BCUT2D eigenvalue weighted by molar-refractivity contribution is -0.139. The fourth-order valence-corrected chi connectivity index (χ4v) is 2.31. The van der Waals surface area contributed by atoms with Crippen LogP contribution in [0.2, 0.25) is 0 Å². The van der Waals surface area contributed by atoms with Crippen molar-refractivity contribution >= 4 is 21.9 Å². The Morgan fingerprint density at radius 3 is 2.65 bits per heavy atom. The number of carbonyl (C=O) groups is 1. The molecule has 0 aromatic heterocycles. The van der Waals surface area contributed by atoms with Crippen molar-refractivity contribution in [1.29, 1.82) is 0 Å². The van der Waals surface area contributed by atoms with Gasteiger partial charge in [-0.3, -0.25) is 4.79 Å². The molecule has 1 heterocycles. The van der Waals surface area contributed by atoms with Gasteiger partial charge in [0.15, 0.2) is 0 Å². The molecule has 0 aliphatic carbocycles. The monoisotopic (exact) mass is 295 g/mol. The van der Waals surface area contributed by atoms with Crippen molar-refractivity contribution in [1.82, 2.24) is 5.32 Å². The third kappa shape index (κ3) is 2.96. The molecule has 17 heavy (non-hydrogen) atoms. The van der Waals surface area contributed by atoms with Gasteiger partial charge in [0.2, 0.25) is 0 Å². The Balaban J connectivity index is 2.28. The molecule has 0 bridgehead atoms. The molecule has 0 saturated heterocycles. The molecule has 0 spiro atoms. The van der Waals surface area contributed by atoms with Crippen LogP contribution in [0.5, 0.6) is 0 Å². The van der Waals surface area contributed by atoms with Gasteiger partial charge in [0.1, 0.15) is 5.92 Å². The summed E-state index contributed by atoms with van der Waals surface area (Å²) in [6.45, 7) is 0.835. The summed E-state index contributed by atoms with van der Waals surface area (Å²) in [5.41, 5.74) is 0.824. The third-order valence-electron chi connectivity index (χ3n) is 2.89. The average Bonchev–Trinajstić information content (AvgIpc) is 2.33. The number of rotatable bonds is 3. The fourth-order valence-electron chi connectivity index (χ4n) is 2.05. The zero-order valence-electron chi connectivity index (χ0n) is 9.27. The van der Waals surface area contributed by atoms with Crippen LogP contribution in [0.15, 0.2) is 40.9 Å². The van der Waals surface area contributed by atoms with Crippen molar-refractivity contribution in [3.05, 3.63) is 46.5 Å². The van der Waals surface area contributed by atoms with Crippen LogP contribution in [-0.2, 0) is 4.79 Å². The maximum absolute atomic E-state index is 11.4. The van der Waals surface area contributed by atoms with Crippen molar-refractivity contribution in [2.45, 2.75) is 18.4 Å². The van der Waals surface area contributed by atoms with Gasteiger partial charge in [-0.2, -0.15) is 0 Å². The minimum absolute atomic E-state index is 0.123. The molecule has 2 rings (SSSR count). The molecule has 1 aromatic rings. The number of nitrogens with one attached hydrogen (secondary N) is 1. The summed E-state index contributed by atoms with van der Waals surface area (Å²) in [5.74, 6) is -1.32. The maximum atomic E-state index is 11.4. The second-order valence-corrected chi connectivity index (χ2v) is 4.98. The van der Waals surface area contributed by atoms with Crippen LogP contribution in [-0.4, -0.2) is 23.7 Å². The lowest BCUT2D eigenvalue weighted by atomic mass is 9.90. The standard InChI is InChI=1S/C13H14BrNO2/c14-10-6-4-9(5-7-10)12(13(16)17)11-3-1-2-8-15-11/h1,3-7,11-12,15H,2,8H2,(H,16,17). The molecule has 1 aliphatic rings. The Morgan fingerprint density at radius 1 is 1.41 bits per heavy atom. The highest BCUT2D eigenvalue weighted by atomic mass is 79.9. The number of hydrogen-bond donors (Lipinski definition) is 2. The van der Waals surface area contributed by atoms with Crippen molar-refractivity contribution < 1.29 is 9.90 Å². The van der Waals surface area contributed by atoms with Crippen LogP contribution in [0, 0.1) is 0 Å². The summed E-state index contributed by atoms with van der Waals surface area (Å²) in [6.07, 6.45) is 4.95. The highest BCUT2D eigenvalue weighted by Crippen LogP contribution is 2.24. The first-order valence-electron chi connectivity index (χ1n) is 5.57. The Labute approximate surface area is 109 Å². The van der Waals surface area contributed by atoms with Gasteiger partial charge in [-0.1, -0.05) is 40.2 Å². The van der Waals surface area contributed by atoms with Gasteiger partial charge in [0.05, 0.1) is 0 Å². The minimum Gasteiger partial charge on any atom is -0.481 e. The van der Waals surface area contributed by atoms with Crippen LogP contribution in [0.4, 0.5) is 0 Å². The van der Waals surface area contributed by atoms with Gasteiger partial charge in [0.25, 0.3) is 0 Å². The molecule has 2 N–H and O–H groups in total. The normalized spacial score (nSPS) is 21.1. The molecule has 4 heteroatoms. The van der Waals surface area contributed by atoms with Crippen molar-refractivity contribution in [2.24, 2.45) is 0 Å². The molecule has 0 radical (unpaired) electrons. The van der Waals surface area contributed by atoms with Crippen molar-refractivity contribution in [3.8, 4) is 0 Å². The summed E-state index contributed by atoms with van der Waals surface area (Å²) in [4.78, 5) is 11.4. The second kappa shape index (κ2) is 5.47. The van der Waals surface area contributed by atoms with Crippen molar-refractivity contribution in [2.75, 3.05) is 6.54 Å². The number of carboxylic acids is 1. The molecule has 1 aliphatic heterocycles. The zero-order chi connectivity index (χ0) is 12.3. The molecule has 1 aromatic carbocycles. The van der Waals surface area contributed by atoms with E-state index in [9.17, 15) is 9.90 Å². The van der Waals surface area contributed by atoms with E-state index in [-0.39, 0.29) is 6.04 Å². The highest BCUT2D eigenvalue weighted by Gasteiger charge is 2.28. The first-order chi connectivity index (χ1) is 8.18. The lowest BCUT2D eigenvalue weighted by Gasteiger charge is -2.25. The van der Waals surface area contributed by atoms with Crippen LogP contribution in [0.25, 0.3) is 0 Å². The number of halogens is 1. The third-order valence-corrected chi connectivity index (χ3v) is 3.42. The van der Waals surface area contributed by atoms with E-state index in [0.717, 1.165) is 23.0 Å². The number of benzene rings is 1. The molecule has 0 saturated carbocycles. The van der Waals surface area contributed by atoms with Crippen LogP contribution < -0.4 is 5.32 Å². The van der Waals surface area contributed by atoms with E-state index in [0.29, 0.717) is 0 Å². The quantitative estimate of drug-likeness (QED) is 0.843. The SMILES string of the molecule is O=C(O)C(c1ccc(Br)cc1)C1C=CCCN1. The van der Waals surface area contributed by atoms with E-state index < -0.39 is 11.9 Å². The van der Waals surface area contributed by atoms with Crippen LogP contribution in [0.1, 0.15) is 17.9 Å². The molecule has 0 fully saturated rings. The average molecular weight is 296 g/mol. The molecule has 0 amide bonds. The number of carboxylic acid groups (broad SMARTS) is 1. The molecule has 90 valence electrons. The van der Waals surface area contributed by atoms with E-state index in [1.165, 1.54) is 0 Å². The van der Waals surface area contributed by atoms with Crippen LogP contribution >= 0.6 is 15.9 Å². The van der Waals surface area contributed by atoms with Gasteiger partial charge in [0, 0.05) is 10.5 Å². The molecule has 2 unspecified atom stereocenters.